The molecule has 32 heavy (non-hydrogen) atoms. The molecular formula is C25H16N2O5. The van der Waals surface area contributed by atoms with Crippen molar-refractivity contribution in [2.45, 2.75) is 12.8 Å². The predicted molar refractivity (Wildman–Crippen MR) is 116 cm³/mol. The Morgan fingerprint density at radius 2 is 1.28 bits per heavy atom. The third-order valence-corrected chi connectivity index (χ3v) is 5.37. The van der Waals surface area contributed by atoms with Gasteiger partial charge in [-0.25, -0.2) is 14.7 Å². The molecule has 0 unspecified atom stereocenters. The van der Waals surface area contributed by atoms with Crippen molar-refractivity contribution in [1.82, 2.24) is 9.88 Å². The minimum Gasteiger partial charge on any atom is -0.422 e. The topological polar surface area (TPSA) is 93.6 Å². The Balaban J connectivity index is 1.59. The fourth-order valence-electron chi connectivity index (χ4n) is 3.87. The first-order valence-corrected chi connectivity index (χ1v) is 10.0. The summed E-state index contributed by atoms with van der Waals surface area (Å²) in [6.07, 6.45) is -0.0248. The number of carbonyl (C=O) groups is 4. The zero-order chi connectivity index (χ0) is 22.2. The fraction of sp³-hybridized carbons (Fsp3) is 0.0800. The number of hydrogen-bond donors (Lipinski definition) is 0. The van der Waals surface area contributed by atoms with Crippen molar-refractivity contribution in [1.29, 1.82) is 0 Å². The lowest BCUT2D eigenvalue weighted by atomic mass is 10.0. The highest BCUT2D eigenvalue weighted by molar-refractivity contribution is 6.21. The van der Waals surface area contributed by atoms with Gasteiger partial charge < -0.3 is 4.74 Å². The van der Waals surface area contributed by atoms with Crippen LogP contribution in [0, 0.1) is 0 Å². The summed E-state index contributed by atoms with van der Waals surface area (Å²) >= 11 is 0. The van der Waals surface area contributed by atoms with Gasteiger partial charge in [0.1, 0.15) is 5.75 Å². The highest BCUT2D eigenvalue weighted by Crippen LogP contribution is 2.29. The van der Waals surface area contributed by atoms with E-state index in [-0.39, 0.29) is 24.2 Å². The van der Waals surface area contributed by atoms with Gasteiger partial charge in [-0.05, 0) is 24.3 Å². The number of rotatable bonds is 3. The van der Waals surface area contributed by atoms with E-state index in [2.05, 4.69) is 4.98 Å². The van der Waals surface area contributed by atoms with Gasteiger partial charge in [0.05, 0.1) is 22.2 Å². The SMILES string of the molecule is O=C(Oc1ccccc1C(=O)N1C(=O)CCC1=O)c1c2ccccc2nc2ccccc12. The Morgan fingerprint density at radius 3 is 1.91 bits per heavy atom. The fourth-order valence-corrected chi connectivity index (χ4v) is 3.87. The van der Waals surface area contributed by atoms with E-state index in [4.69, 9.17) is 4.74 Å². The molecular weight excluding hydrogens is 408 g/mol. The largest absolute Gasteiger partial charge is 0.422 e. The third-order valence-electron chi connectivity index (χ3n) is 5.37. The van der Waals surface area contributed by atoms with E-state index in [0.717, 1.165) is 0 Å². The van der Waals surface area contributed by atoms with Crippen LogP contribution in [0.1, 0.15) is 33.6 Å². The van der Waals surface area contributed by atoms with E-state index in [1.165, 1.54) is 12.1 Å². The number of nitrogens with zero attached hydrogens (tertiary/aromatic N) is 2. The minimum atomic E-state index is -0.801. The first-order chi connectivity index (χ1) is 15.5. The monoisotopic (exact) mass is 424 g/mol. The number of para-hydroxylation sites is 3. The van der Waals surface area contributed by atoms with Gasteiger partial charge in [-0.1, -0.05) is 48.5 Å². The van der Waals surface area contributed by atoms with Gasteiger partial charge >= 0.3 is 5.97 Å². The standard InChI is InChI=1S/C25H16N2O5/c28-21-13-14-22(29)27(21)24(30)17-9-3-6-12-20(17)32-25(31)23-15-7-1-4-10-18(15)26-19-11-5-2-8-16(19)23/h1-12H,13-14H2. The molecule has 1 fully saturated rings. The van der Waals surface area contributed by atoms with Crippen LogP contribution in [0.25, 0.3) is 21.8 Å². The van der Waals surface area contributed by atoms with Crippen molar-refractivity contribution in [3.63, 3.8) is 0 Å². The quantitative estimate of drug-likeness (QED) is 0.214. The molecule has 5 rings (SSSR count). The number of amides is 3. The number of hydrogen-bond acceptors (Lipinski definition) is 6. The van der Waals surface area contributed by atoms with Crippen molar-refractivity contribution in [2.24, 2.45) is 0 Å². The Hall–Kier alpha value is -4.39. The number of carbonyl (C=O) groups excluding carboxylic acids is 4. The van der Waals surface area contributed by atoms with Crippen LogP contribution in [-0.4, -0.2) is 33.6 Å². The maximum absolute atomic E-state index is 13.4. The third kappa shape index (κ3) is 3.20. The average Bonchev–Trinajstić information content (AvgIpc) is 3.15. The number of pyridine rings is 1. The lowest BCUT2D eigenvalue weighted by Gasteiger charge is -2.15. The molecule has 1 aromatic heterocycles. The second-order valence-corrected chi connectivity index (χ2v) is 7.33. The molecule has 0 radical (unpaired) electrons. The summed E-state index contributed by atoms with van der Waals surface area (Å²) in [6.45, 7) is 0. The number of likely N-dealkylation sites (tertiary alicyclic amines) is 1. The lowest BCUT2D eigenvalue weighted by molar-refractivity contribution is -0.134. The average molecular weight is 424 g/mol. The predicted octanol–water partition coefficient (Wildman–Crippen LogP) is 3.90. The smallest absolute Gasteiger partial charge is 0.344 e. The number of imide groups is 3. The van der Waals surface area contributed by atoms with Crippen molar-refractivity contribution >= 4 is 45.5 Å². The first-order valence-electron chi connectivity index (χ1n) is 10.0. The van der Waals surface area contributed by atoms with Crippen LogP contribution in [-0.2, 0) is 9.59 Å². The van der Waals surface area contributed by atoms with E-state index < -0.39 is 23.7 Å². The van der Waals surface area contributed by atoms with Crippen molar-refractivity contribution in [2.75, 3.05) is 0 Å². The molecule has 0 atom stereocenters. The Bertz CT molecular complexity index is 1370. The summed E-state index contributed by atoms with van der Waals surface area (Å²) in [7, 11) is 0. The van der Waals surface area contributed by atoms with Crippen molar-refractivity contribution in [3.05, 3.63) is 83.9 Å². The zero-order valence-electron chi connectivity index (χ0n) is 16.8. The molecule has 0 spiro atoms. The maximum atomic E-state index is 13.4. The van der Waals surface area contributed by atoms with E-state index in [0.29, 0.717) is 32.3 Å². The highest BCUT2D eigenvalue weighted by Gasteiger charge is 2.36. The number of esters is 1. The van der Waals surface area contributed by atoms with E-state index >= 15 is 0 Å². The number of ether oxygens (including phenoxy) is 1. The summed E-state index contributed by atoms with van der Waals surface area (Å²) < 4.78 is 5.66. The van der Waals surface area contributed by atoms with Gasteiger partial charge in [0, 0.05) is 23.6 Å². The van der Waals surface area contributed by atoms with Crippen LogP contribution in [0.3, 0.4) is 0 Å². The van der Waals surface area contributed by atoms with Crippen molar-refractivity contribution < 1.29 is 23.9 Å². The van der Waals surface area contributed by atoms with Crippen LogP contribution < -0.4 is 4.74 Å². The normalized spacial score (nSPS) is 13.7. The summed E-state index contributed by atoms with van der Waals surface area (Å²) in [6, 6.07) is 20.5. The molecule has 1 saturated heterocycles. The lowest BCUT2D eigenvalue weighted by Crippen LogP contribution is -2.35. The van der Waals surface area contributed by atoms with Crippen LogP contribution in [0.4, 0.5) is 0 Å². The number of benzene rings is 3. The van der Waals surface area contributed by atoms with Crippen LogP contribution in [0.2, 0.25) is 0 Å². The molecule has 0 bridgehead atoms. The van der Waals surface area contributed by atoms with E-state index in [9.17, 15) is 19.2 Å². The second kappa shape index (κ2) is 7.70. The minimum absolute atomic E-state index is 0.0124. The Labute approximate surface area is 182 Å². The molecule has 2 heterocycles. The van der Waals surface area contributed by atoms with Crippen LogP contribution in [0.15, 0.2) is 72.8 Å². The molecule has 7 nitrogen and oxygen atoms in total. The molecule has 0 aliphatic carbocycles. The molecule has 3 aromatic carbocycles. The highest BCUT2D eigenvalue weighted by atomic mass is 16.5. The second-order valence-electron chi connectivity index (χ2n) is 7.33. The summed E-state index contributed by atoms with van der Waals surface area (Å²) in [5.41, 5.74) is 1.56. The molecule has 7 heteroatoms. The Morgan fingerprint density at radius 1 is 0.750 bits per heavy atom. The maximum Gasteiger partial charge on any atom is 0.344 e. The van der Waals surface area contributed by atoms with Crippen LogP contribution >= 0.6 is 0 Å². The molecule has 0 saturated carbocycles. The zero-order valence-corrected chi connectivity index (χ0v) is 16.8. The van der Waals surface area contributed by atoms with Gasteiger partial charge in [0.15, 0.2) is 0 Å². The Kier molecular flexibility index (Phi) is 4.71. The number of aromatic nitrogens is 1. The molecule has 0 N–H and O–H groups in total. The van der Waals surface area contributed by atoms with E-state index in [1.54, 1.807) is 48.5 Å². The first kappa shape index (κ1) is 19.6. The summed E-state index contributed by atoms with van der Waals surface area (Å²) in [4.78, 5) is 55.5. The summed E-state index contributed by atoms with van der Waals surface area (Å²) in [5.74, 6) is -2.62. The van der Waals surface area contributed by atoms with Gasteiger partial charge in [-0.2, -0.15) is 0 Å². The number of fused-ring (bicyclic) bond motifs is 2. The molecule has 4 aromatic rings. The van der Waals surface area contributed by atoms with Gasteiger partial charge in [0.25, 0.3) is 5.91 Å². The molecule has 1 aliphatic rings. The summed E-state index contributed by atoms with van der Waals surface area (Å²) in [5, 5.41) is 1.23. The van der Waals surface area contributed by atoms with Gasteiger partial charge in [-0.15, -0.1) is 0 Å². The molecule has 1 aliphatic heterocycles. The van der Waals surface area contributed by atoms with Crippen LogP contribution in [0.5, 0.6) is 5.75 Å². The molecule has 3 amide bonds. The van der Waals surface area contributed by atoms with Gasteiger partial charge in [-0.3, -0.25) is 14.4 Å². The van der Waals surface area contributed by atoms with Crippen molar-refractivity contribution in [3.8, 4) is 5.75 Å². The van der Waals surface area contributed by atoms with Gasteiger partial charge in [0.2, 0.25) is 11.8 Å². The van der Waals surface area contributed by atoms with E-state index in [1.807, 2.05) is 12.1 Å². The molecule has 156 valence electrons.